The van der Waals surface area contributed by atoms with Crippen molar-refractivity contribution in [2.45, 2.75) is 40.2 Å². The standard InChI is InChI=1S/C18H22O2/c1-6-11(3)17-13(5)15-10-14(19)8-9-16(15)20-18(17)12(4)7-2/h7-10,18-19H,3,6H2,1-2,4-5H3. The van der Waals surface area contributed by atoms with Gasteiger partial charge in [0.2, 0.25) is 0 Å². The number of fused-ring (bicyclic) bond motifs is 1. The van der Waals surface area contributed by atoms with E-state index in [0.29, 0.717) is 0 Å². The predicted octanol–water partition coefficient (Wildman–Crippen LogP) is 4.86. The first kappa shape index (κ1) is 14.4. The Bertz CT molecular complexity index is 606. The Morgan fingerprint density at radius 2 is 2.15 bits per heavy atom. The minimum atomic E-state index is -0.0792. The zero-order valence-corrected chi connectivity index (χ0v) is 12.7. The van der Waals surface area contributed by atoms with Crippen molar-refractivity contribution in [3.05, 3.63) is 53.1 Å². The highest BCUT2D eigenvalue weighted by atomic mass is 16.5. The van der Waals surface area contributed by atoms with E-state index in [0.717, 1.165) is 34.5 Å². The summed E-state index contributed by atoms with van der Waals surface area (Å²) in [6, 6.07) is 5.25. The van der Waals surface area contributed by atoms with Crippen LogP contribution < -0.4 is 4.74 Å². The second-order valence-corrected chi connectivity index (χ2v) is 5.21. The number of rotatable bonds is 3. The van der Waals surface area contributed by atoms with Gasteiger partial charge in [0.1, 0.15) is 17.6 Å². The Morgan fingerprint density at radius 1 is 1.45 bits per heavy atom. The molecule has 0 saturated carbocycles. The first-order valence-corrected chi connectivity index (χ1v) is 7.01. The Balaban J connectivity index is 2.65. The molecule has 1 atom stereocenters. The van der Waals surface area contributed by atoms with Crippen molar-refractivity contribution >= 4 is 5.57 Å². The fourth-order valence-corrected chi connectivity index (χ4v) is 2.55. The predicted molar refractivity (Wildman–Crippen MR) is 84.0 cm³/mol. The Labute approximate surface area is 121 Å². The van der Waals surface area contributed by atoms with Crippen LogP contribution in [0.2, 0.25) is 0 Å². The van der Waals surface area contributed by atoms with Gasteiger partial charge < -0.3 is 9.84 Å². The molecule has 0 spiro atoms. The lowest BCUT2D eigenvalue weighted by Gasteiger charge is -2.32. The van der Waals surface area contributed by atoms with Crippen molar-refractivity contribution in [1.29, 1.82) is 0 Å². The van der Waals surface area contributed by atoms with Crippen LogP contribution in [-0.2, 0) is 0 Å². The van der Waals surface area contributed by atoms with E-state index in [2.05, 4.69) is 33.4 Å². The summed E-state index contributed by atoms with van der Waals surface area (Å²) in [7, 11) is 0. The lowest BCUT2D eigenvalue weighted by molar-refractivity contribution is 0.267. The molecule has 106 valence electrons. The van der Waals surface area contributed by atoms with Gasteiger partial charge in [0.05, 0.1) is 0 Å². The van der Waals surface area contributed by atoms with Gasteiger partial charge in [-0.15, -0.1) is 0 Å². The maximum Gasteiger partial charge on any atom is 0.145 e. The number of ether oxygens (including phenoxy) is 1. The number of hydrogen-bond acceptors (Lipinski definition) is 2. The first-order chi connectivity index (χ1) is 9.49. The minimum absolute atomic E-state index is 0.0792. The molecule has 2 rings (SSSR count). The summed E-state index contributed by atoms with van der Waals surface area (Å²) < 4.78 is 6.15. The molecule has 1 aromatic carbocycles. The summed E-state index contributed by atoms with van der Waals surface area (Å²) in [4.78, 5) is 0. The summed E-state index contributed by atoms with van der Waals surface area (Å²) in [5.74, 6) is 1.08. The highest BCUT2D eigenvalue weighted by molar-refractivity contribution is 5.79. The maximum atomic E-state index is 9.70. The molecule has 0 amide bonds. The van der Waals surface area contributed by atoms with Crippen LogP contribution in [0, 0.1) is 0 Å². The molecule has 0 bridgehead atoms. The van der Waals surface area contributed by atoms with Gasteiger partial charge in [-0.1, -0.05) is 19.6 Å². The van der Waals surface area contributed by atoms with Gasteiger partial charge in [-0.25, -0.2) is 0 Å². The van der Waals surface area contributed by atoms with E-state index >= 15 is 0 Å². The molecule has 1 N–H and O–H groups in total. The molecule has 20 heavy (non-hydrogen) atoms. The second kappa shape index (κ2) is 5.58. The lowest BCUT2D eigenvalue weighted by atomic mass is 9.86. The van der Waals surface area contributed by atoms with E-state index in [1.54, 1.807) is 12.1 Å². The van der Waals surface area contributed by atoms with E-state index in [-0.39, 0.29) is 11.9 Å². The van der Waals surface area contributed by atoms with Crippen LogP contribution >= 0.6 is 0 Å². The summed E-state index contributed by atoms with van der Waals surface area (Å²) in [6.45, 7) is 12.5. The Morgan fingerprint density at radius 3 is 2.75 bits per heavy atom. The molecule has 0 aliphatic carbocycles. The van der Waals surface area contributed by atoms with Gasteiger partial charge in [-0.05, 0) is 62.1 Å². The van der Waals surface area contributed by atoms with Crippen molar-refractivity contribution in [1.82, 2.24) is 0 Å². The van der Waals surface area contributed by atoms with Crippen molar-refractivity contribution in [2.24, 2.45) is 0 Å². The lowest BCUT2D eigenvalue weighted by Crippen LogP contribution is -2.26. The monoisotopic (exact) mass is 270 g/mol. The van der Waals surface area contributed by atoms with Crippen LogP contribution in [0.1, 0.15) is 39.7 Å². The number of hydrogen-bond donors (Lipinski definition) is 1. The Kier molecular flexibility index (Phi) is 4.03. The van der Waals surface area contributed by atoms with Crippen molar-refractivity contribution in [3.63, 3.8) is 0 Å². The quantitative estimate of drug-likeness (QED) is 0.795. The van der Waals surface area contributed by atoms with Crippen LogP contribution in [0.3, 0.4) is 0 Å². The fraction of sp³-hybridized carbons (Fsp3) is 0.333. The molecule has 2 heteroatoms. The molecule has 0 saturated heterocycles. The van der Waals surface area contributed by atoms with Crippen molar-refractivity contribution in [2.75, 3.05) is 0 Å². The van der Waals surface area contributed by atoms with Gasteiger partial charge in [-0.3, -0.25) is 0 Å². The summed E-state index contributed by atoms with van der Waals surface area (Å²) in [5.41, 5.74) is 5.49. The number of aromatic hydroxyl groups is 1. The van der Waals surface area contributed by atoms with Crippen LogP contribution in [0.15, 0.2) is 47.6 Å². The topological polar surface area (TPSA) is 29.5 Å². The molecule has 2 nitrogen and oxygen atoms in total. The average Bonchev–Trinajstić information content (AvgIpc) is 2.46. The molecular formula is C18H22O2. The zero-order chi connectivity index (χ0) is 14.9. The summed E-state index contributed by atoms with van der Waals surface area (Å²) in [5, 5.41) is 9.70. The van der Waals surface area contributed by atoms with Gasteiger partial charge >= 0.3 is 0 Å². The van der Waals surface area contributed by atoms with Crippen LogP contribution in [-0.4, -0.2) is 11.2 Å². The third-order valence-electron chi connectivity index (χ3n) is 3.95. The molecule has 0 fully saturated rings. The highest BCUT2D eigenvalue weighted by Crippen LogP contribution is 2.42. The second-order valence-electron chi connectivity index (χ2n) is 5.21. The van der Waals surface area contributed by atoms with Crippen molar-refractivity contribution in [3.8, 4) is 11.5 Å². The summed E-state index contributed by atoms with van der Waals surface area (Å²) in [6.07, 6.45) is 2.88. The van der Waals surface area contributed by atoms with Gasteiger partial charge in [0.15, 0.2) is 0 Å². The van der Waals surface area contributed by atoms with Crippen LogP contribution in [0.25, 0.3) is 5.57 Å². The molecule has 1 heterocycles. The molecule has 1 unspecified atom stereocenters. The van der Waals surface area contributed by atoms with Crippen LogP contribution in [0.5, 0.6) is 11.5 Å². The number of allylic oxidation sites excluding steroid dienone is 2. The molecule has 1 aliphatic heterocycles. The van der Waals surface area contributed by atoms with Crippen molar-refractivity contribution < 1.29 is 9.84 Å². The van der Waals surface area contributed by atoms with E-state index in [9.17, 15) is 5.11 Å². The number of benzene rings is 1. The first-order valence-electron chi connectivity index (χ1n) is 7.01. The average molecular weight is 270 g/mol. The SMILES string of the molecule is C=C(CC)C1=C(C)c2cc(O)ccc2OC1C(C)=CC. The molecule has 0 radical (unpaired) electrons. The van der Waals surface area contributed by atoms with E-state index in [1.165, 1.54) is 5.57 Å². The normalized spacial score (nSPS) is 18.6. The fourth-order valence-electron chi connectivity index (χ4n) is 2.55. The molecule has 0 aromatic heterocycles. The van der Waals surface area contributed by atoms with E-state index in [4.69, 9.17) is 4.74 Å². The van der Waals surface area contributed by atoms with Gasteiger partial charge in [0, 0.05) is 11.1 Å². The largest absolute Gasteiger partial charge is 0.508 e. The van der Waals surface area contributed by atoms with Gasteiger partial charge in [0.25, 0.3) is 0 Å². The highest BCUT2D eigenvalue weighted by Gasteiger charge is 2.28. The van der Waals surface area contributed by atoms with E-state index < -0.39 is 0 Å². The zero-order valence-electron chi connectivity index (χ0n) is 12.7. The Hall–Kier alpha value is -1.96. The molecule has 1 aromatic rings. The smallest absolute Gasteiger partial charge is 0.145 e. The molecule has 1 aliphatic rings. The number of phenols is 1. The third-order valence-corrected chi connectivity index (χ3v) is 3.95. The third kappa shape index (κ3) is 2.38. The van der Waals surface area contributed by atoms with Gasteiger partial charge in [-0.2, -0.15) is 0 Å². The van der Waals surface area contributed by atoms with Crippen LogP contribution in [0.4, 0.5) is 0 Å². The minimum Gasteiger partial charge on any atom is -0.508 e. The molecular weight excluding hydrogens is 248 g/mol. The summed E-state index contributed by atoms with van der Waals surface area (Å²) >= 11 is 0. The maximum absolute atomic E-state index is 9.70. The number of phenolic OH excluding ortho intramolecular Hbond substituents is 1. The van der Waals surface area contributed by atoms with E-state index in [1.807, 2.05) is 13.0 Å².